The average Bonchev–Trinajstić information content (AvgIpc) is 2.90. The van der Waals surface area contributed by atoms with Gasteiger partial charge in [0.2, 0.25) is 5.89 Å². The first-order valence-electron chi connectivity index (χ1n) is 5.84. The number of nitrogens with one attached hydrogen (secondary N) is 1. The Bertz CT molecular complexity index is 499. The van der Waals surface area contributed by atoms with Crippen molar-refractivity contribution in [3.05, 3.63) is 29.9 Å². The average molecular weight is 233 g/mol. The maximum Gasteiger partial charge on any atom is 0.223 e. The molecule has 1 saturated carbocycles. The number of aromatic nitrogens is 4. The van der Waals surface area contributed by atoms with Gasteiger partial charge in [0, 0.05) is 25.4 Å². The fourth-order valence-electron chi connectivity index (χ4n) is 1.73. The molecule has 2 heterocycles. The summed E-state index contributed by atoms with van der Waals surface area (Å²) in [4.78, 5) is 8.52. The van der Waals surface area contributed by atoms with Crippen LogP contribution in [0.5, 0.6) is 0 Å². The van der Waals surface area contributed by atoms with E-state index in [1.54, 1.807) is 13.1 Å². The van der Waals surface area contributed by atoms with Crippen LogP contribution in [0.1, 0.15) is 30.4 Å². The van der Waals surface area contributed by atoms with Crippen LogP contribution in [0.25, 0.3) is 0 Å². The lowest BCUT2D eigenvalue weighted by molar-refractivity contribution is 0.385. The van der Waals surface area contributed by atoms with Gasteiger partial charge in [-0.3, -0.25) is 0 Å². The van der Waals surface area contributed by atoms with Crippen LogP contribution in [-0.2, 0) is 13.1 Å². The van der Waals surface area contributed by atoms with Gasteiger partial charge in [0.05, 0.1) is 13.1 Å². The molecule has 2 aromatic heterocycles. The van der Waals surface area contributed by atoms with Crippen LogP contribution < -0.4 is 5.32 Å². The Morgan fingerprint density at radius 2 is 2.41 bits per heavy atom. The standard InChI is InChI=1S/C11H15N5O/c1-8-14-10(15-17-8)7-16-5-4-12-11(16)6-13-9-2-3-9/h4-5,9,13H,2-3,6-7H2,1H3. The van der Waals surface area contributed by atoms with Crippen molar-refractivity contribution in [1.82, 2.24) is 25.0 Å². The summed E-state index contributed by atoms with van der Waals surface area (Å²) in [5, 5.41) is 7.33. The van der Waals surface area contributed by atoms with Crippen molar-refractivity contribution < 1.29 is 4.52 Å². The highest BCUT2D eigenvalue weighted by molar-refractivity contribution is 4.97. The van der Waals surface area contributed by atoms with E-state index >= 15 is 0 Å². The van der Waals surface area contributed by atoms with Gasteiger partial charge in [-0.1, -0.05) is 5.16 Å². The van der Waals surface area contributed by atoms with Crippen molar-refractivity contribution in [3.8, 4) is 0 Å². The van der Waals surface area contributed by atoms with Crippen molar-refractivity contribution in [3.63, 3.8) is 0 Å². The first-order chi connectivity index (χ1) is 8.31. The number of rotatable bonds is 5. The van der Waals surface area contributed by atoms with E-state index in [2.05, 4.69) is 20.4 Å². The summed E-state index contributed by atoms with van der Waals surface area (Å²) < 4.78 is 6.99. The lowest BCUT2D eigenvalue weighted by atomic mass is 10.5. The van der Waals surface area contributed by atoms with Crippen LogP contribution in [-0.4, -0.2) is 25.7 Å². The Kier molecular flexibility index (Phi) is 2.64. The Morgan fingerprint density at radius 3 is 3.12 bits per heavy atom. The van der Waals surface area contributed by atoms with Gasteiger partial charge in [0.15, 0.2) is 5.82 Å². The highest BCUT2D eigenvalue weighted by Gasteiger charge is 2.20. The normalized spacial score (nSPS) is 15.4. The Morgan fingerprint density at radius 1 is 1.53 bits per heavy atom. The molecule has 1 aliphatic rings. The first-order valence-corrected chi connectivity index (χ1v) is 5.84. The Hall–Kier alpha value is -1.69. The molecule has 0 aromatic carbocycles. The fraction of sp³-hybridized carbons (Fsp3) is 0.545. The zero-order chi connectivity index (χ0) is 11.7. The van der Waals surface area contributed by atoms with Crippen molar-refractivity contribution in [2.75, 3.05) is 0 Å². The smallest absolute Gasteiger partial charge is 0.223 e. The Balaban J connectivity index is 1.67. The van der Waals surface area contributed by atoms with Crippen LogP contribution in [0.4, 0.5) is 0 Å². The molecule has 0 spiro atoms. The molecule has 0 aliphatic heterocycles. The first kappa shape index (κ1) is 10.5. The van der Waals surface area contributed by atoms with E-state index < -0.39 is 0 Å². The molecule has 0 atom stereocenters. The monoisotopic (exact) mass is 233 g/mol. The lowest BCUT2D eigenvalue weighted by Gasteiger charge is -2.05. The molecule has 1 aliphatic carbocycles. The minimum Gasteiger partial charge on any atom is -0.340 e. The third kappa shape index (κ3) is 2.52. The highest BCUT2D eigenvalue weighted by atomic mass is 16.5. The molecule has 1 fully saturated rings. The SMILES string of the molecule is Cc1nc(Cn2ccnc2CNC2CC2)no1. The fourth-order valence-corrected chi connectivity index (χ4v) is 1.73. The van der Waals surface area contributed by atoms with E-state index in [-0.39, 0.29) is 0 Å². The van der Waals surface area contributed by atoms with E-state index in [0.717, 1.165) is 12.4 Å². The molecule has 17 heavy (non-hydrogen) atoms. The maximum atomic E-state index is 4.95. The van der Waals surface area contributed by atoms with E-state index in [1.165, 1.54) is 12.8 Å². The lowest BCUT2D eigenvalue weighted by Crippen LogP contribution is -2.19. The van der Waals surface area contributed by atoms with Gasteiger partial charge in [-0.2, -0.15) is 4.98 Å². The number of aryl methyl sites for hydroxylation is 1. The van der Waals surface area contributed by atoms with Crippen molar-refractivity contribution in [2.24, 2.45) is 0 Å². The maximum absolute atomic E-state index is 4.95. The molecule has 0 radical (unpaired) electrons. The van der Waals surface area contributed by atoms with Crippen LogP contribution in [0.2, 0.25) is 0 Å². The summed E-state index contributed by atoms with van der Waals surface area (Å²) in [6.45, 7) is 3.20. The van der Waals surface area contributed by atoms with Gasteiger partial charge in [-0.05, 0) is 12.8 Å². The molecule has 0 bridgehead atoms. The van der Waals surface area contributed by atoms with E-state index in [9.17, 15) is 0 Å². The van der Waals surface area contributed by atoms with E-state index in [0.29, 0.717) is 24.3 Å². The topological polar surface area (TPSA) is 68.8 Å². The molecule has 6 nitrogen and oxygen atoms in total. The second kappa shape index (κ2) is 4.29. The number of imidazole rings is 1. The zero-order valence-corrected chi connectivity index (χ0v) is 9.76. The van der Waals surface area contributed by atoms with Gasteiger partial charge < -0.3 is 14.4 Å². The number of nitrogens with zero attached hydrogens (tertiary/aromatic N) is 4. The van der Waals surface area contributed by atoms with Crippen LogP contribution in [0, 0.1) is 6.92 Å². The summed E-state index contributed by atoms with van der Waals surface area (Å²) in [5.74, 6) is 2.30. The van der Waals surface area contributed by atoms with Crippen molar-refractivity contribution in [1.29, 1.82) is 0 Å². The zero-order valence-electron chi connectivity index (χ0n) is 9.76. The summed E-state index contributed by atoms with van der Waals surface area (Å²) in [6.07, 6.45) is 6.31. The van der Waals surface area contributed by atoms with Crippen molar-refractivity contribution >= 4 is 0 Å². The summed E-state index contributed by atoms with van der Waals surface area (Å²) >= 11 is 0. The minimum absolute atomic E-state index is 0.595. The second-order valence-corrected chi connectivity index (χ2v) is 4.36. The largest absolute Gasteiger partial charge is 0.340 e. The van der Waals surface area contributed by atoms with Gasteiger partial charge in [0.25, 0.3) is 0 Å². The molecule has 2 aromatic rings. The molecule has 90 valence electrons. The summed E-state index contributed by atoms with van der Waals surface area (Å²) in [7, 11) is 0. The van der Waals surface area contributed by atoms with Gasteiger partial charge in [-0.25, -0.2) is 4.98 Å². The third-order valence-electron chi connectivity index (χ3n) is 2.81. The van der Waals surface area contributed by atoms with Gasteiger partial charge >= 0.3 is 0 Å². The second-order valence-electron chi connectivity index (χ2n) is 4.36. The van der Waals surface area contributed by atoms with Crippen LogP contribution in [0.15, 0.2) is 16.9 Å². The minimum atomic E-state index is 0.595. The van der Waals surface area contributed by atoms with E-state index in [1.807, 2.05) is 10.8 Å². The summed E-state index contributed by atoms with van der Waals surface area (Å²) in [5.41, 5.74) is 0. The number of hydrogen-bond acceptors (Lipinski definition) is 5. The highest BCUT2D eigenvalue weighted by Crippen LogP contribution is 2.19. The van der Waals surface area contributed by atoms with E-state index in [4.69, 9.17) is 4.52 Å². The molecule has 3 rings (SSSR count). The van der Waals surface area contributed by atoms with Crippen LogP contribution >= 0.6 is 0 Å². The predicted octanol–water partition coefficient (Wildman–Crippen LogP) is 0.875. The van der Waals surface area contributed by atoms with Gasteiger partial charge in [0.1, 0.15) is 5.82 Å². The molecule has 6 heteroatoms. The molecule has 0 amide bonds. The summed E-state index contributed by atoms with van der Waals surface area (Å²) in [6, 6.07) is 0.688. The van der Waals surface area contributed by atoms with Crippen molar-refractivity contribution in [2.45, 2.75) is 38.9 Å². The molecular weight excluding hydrogens is 218 g/mol. The third-order valence-corrected chi connectivity index (χ3v) is 2.81. The number of hydrogen-bond donors (Lipinski definition) is 1. The Labute approximate surface area is 99.0 Å². The quantitative estimate of drug-likeness (QED) is 0.830. The van der Waals surface area contributed by atoms with Gasteiger partial charge in [-0.15, -0.1) is 0 Å². The molecule has 1 N–H and O–H groups in total. The molecule has 0 unspecified atom stereocenters. The predicted molar refractivity (Wildman–Crippen MR) is 60.2 cm³/mol. The molecular formula is C11H15N5O. The van der Waals surface area contributed by atoms with Crippen LogP contribution in [0.3, 0.4) is 0 Å². The molecule has 0 saturated heterocycles.